The van der Waals surface area contributed by atoms with E-state index in [9.17, 15) is 5.11 Å². The maximum Gasteiger partial charge on any atom is 0.137 e. The highest BCUT2D eigenvalue weighted by Crippen LogP contribution is 2.26. The molecule has 19 heavy (non-hydrogen) atoms. The van der Waals surface area contributed by atoms with Gasteiger partial charge in [-0.25, -0.2) is 0 Å². The van der Waals surface area contributed by atoms with Crippen LogP contribution in [0.1, 0.15) is 11.1 Å². The van der Waals surface area contributed by atoms with Gasteiger partial charge in [0.05, 0.1) is 9.26 Å². The van der Waals surface area contributed by atoms with E-state index in [1.807, 2.05) is 36.4 Å². The molecule has 0 aliphatic heterocycles. The summed E-state index contributed by atoms with van der Waals surface area (Å²) < 4.78 is 1.86. The van der Waals surface area contributed by atoms with E-state index in [0.29, 0.717) is 5.56 Å². The van der Waals surface area contributed by atoms with Crippen LogP contribution in [0.2, 0.25) is 0 Å². The first-order valence-corrected chi connectivity index (χ1v) is 7.54. The molecule has 2 nitrogen and oxygen atoms in total. The van der Waals surface area contributed by atoms with Gasteiger partial charge < -0.3 is 5.11 Å². The van der Waals surface area contributed by atoms with Crippen LogP contribution in [0, 0.1) is 19.5 Å². The van der Waals surface area contributed by atoms with E-state index >= 15 is 0 Å². The predicted molar refractivity (Wildman–Crippen MR) is 95.2 cm³/mol. The van der Waals surface area contributed by atoms with Crippen LogP contribution in [0.25, 0.3) is 0 Å². The molecule has 0 aromatic heterocycles. The van der Waals surface area contributed by atoms with Crippen molar-refractivity contribution >= 4 is 57.1 Å². The van der Waals surface area contributed by atoms with Crippen LogP contribution in [-0.2, 0) is 0 Å². The molecule has 0 saturated heterocycles. The van der Waals surface area contributed by atoms with Gasteiger partial charge in [0.25, 0.3) is 0 Å². The zero-order valence-corrected chi connectivity index (χ0v) is 14.1. The molecule has 0 heterocycles. The van der Waals surface area contributed by atoms with Crippen LogP contribution in [-0.4, -0.2) is 11.3 Å². The molecule has 94 valence electrons. The lowest BCUT2D eigenvalue weighted by molar-refractivity contribution is 0.470. The molecule has 0 bridgehead atoms. The molecule has 0 fully saturated rings. The Morgan fingerprint density at radius 1 is 1.21 bits per heavy atom. The third-order valence-electron chi connectivity index (χ3n) is 2.42. The minimum atomic E-state index is 0.248. The Bertz CT molecular complexity index is 687. The zero-order valence-electron chi connectivity index (χ0n) is 9.77. The molecule has 0 spiro atoms. The quantitative estimate of drug-likeness (QED) is 0.394. The molecule has 0 unspecified atom stereocenters. The van der Waals surface area contributed by atoms with Crippen molar-refractivity contribution in [1.82, 2.24) is 0 Å². The van der Waals surface area contributed by atoms with Gasteiger partial charge in [-0.2, -0.15) is 0 Å². The number of benzene rings is 2. The molecule has 2 aromatic rings. The molecule has 0 atom stereocenters. The molecule has 4 heteroatoms. The van der Waals surface area contributed by atoms with Crippen LogP contribution in [0.4, 0.5) is 5.69 Å². The third kappa shape index (κ3) is 3.70. The fourth-order valence-corrected chi connectivity index (χ4v) is 3.39. The van der Waals surface area contributed by atoms with Gasteiger partial charge in [0.1, 0.15) is 5.75 Å². The molecule has 2 rings (SSSR count). The van der Waals surface area contributed by atoms with Crippen molar-refractivity contribution in [3.05, 3.63) is 54.7 Å². The molecule has 0 amide bonds. The fraction of sp³-hybridized carbons (Fsp3) is 0. The summed E-state index contributed by atoms with van der Waals surface area (Å²) >= 11 is 4.31. The summed E-state index contributed by atoms with van der Waals surface area (Å²) in [5.74, 6) is 2.82. The van der Waals surface area contributed by atoms with Gasteiger partial charge in [-0.3, -0.25) is 4.99 Å². The monoisotopic (exact) mass is 473 g/mol. The summed E-state index contributed by atoms with van der Waals surface area (Å²) in [5, 5.41) is 9.97. The highest BCUT2D eigenvalue weighted by atomic mass is 127. The number of halogens is 2. The fourth-order valence-electron chi connectivity index (χ4n) is 1.50. The van der Waals surface area contributed by atoms with E-state index in [1.165, 1.54) is 0 Å². The third-order valence-corrected chi connectivity index (χ3v) is 3.87. The topological polar surface area (TPSA) is 32.6 Å². The Morgan fingerprint density at radius 3 is 2.74 bits per heavy atom. The first-order valence-electron chi connectivity index (χ1n) is 5.39. The summed E-state index contributed by atoms with van der Waals surface area (Å²) in [6.45, 7) is 0. The van der Waals surface area contributed by atoms with Gasteiger partial charge in [0.15, 0.2) is 0 Å². The average Bonchev–Trinajstić information content (AvgIpc) is 2.41. The van der Waals surface area contributed by atoms with Crippen molar-refractivity contribution in [1.29, 1.82) is 0 Å². The second kappa shape index (κ2) is 6.39. The number of aliphatic imine (C=N–C) groups is 1. The van der Waals surface area contributed by atoms with Gasteiger partial charge in [-0.1, -0.05) is 12.0 Å². The Morgan fingerprint density at radius 2 is 2.00 bits per heavy atom. The van der Waals surface area contributed by atoms with Crippen molar-refractivity contribution in [3.8, 4) is 18.1 Å². The van der Waals surface area contributed by atoms with Crippen LogP contribution < -0.4 is 0 Å². The number of hydrogen-bond acceptors (Lipinski definition) is 2. The molecule has 0 radical (unpaired) electrons. The molecule has 0 aliphatic rings. The summed E-state index contributed by atoms with van der Waals surface area (Å²) in [5.41, 5.74) is 2.25. The smallest absolute Gasteiger partial charge is 0.137 e. The zero-order chi connectivity index (χ0) is 13.8. The lowest BCUT2D eigenvalue weighted by Gasteiger charge is -2.03. The maximum absolute atomic E-state index is 9.97. The number of rotatable bonds is 2. The largest absolute Gasteiger partial charge is 0.506 e. The minimum absolute atomic E-state index is 0.248. The Kier molecular flexibility index (Phi) is 4.82. The van der Waals surface area contributed by atoms with Crippen LogP contribution >= 0.6 is 45.2 Å². The van der Waals surface area contributed by atoms with E-state index in [0.717, 1.165) is 18.4 Å². The molecule has 0 aliphatic carbocycles. The molecule has 2 aromatic carbocycles. The number of nitrogens with zero attached hydrogens (tertiary/aromatic N) is 1. The summed E-state index contributed by atoms with van der Waals surface area (Å²) in [6, 6.07) is 11.2. The normalized spacial score (nSPS) is 10.6. The van der Waals surface area contributed by atoms with Gasteiger partial charge in [-0.05, 0) is 75.5 Å². The predicted octanol–water partition coefficient (Wildman–Crippen LogP) is 4.33. The standard InChI is InChI=1S/C15H9I2NO/c1-2-10-4-3-5-13(6-10)18-9-11-7-12(16)8-14(17)15(11)19/h1,3-9,19H. The molecular formula is C15H9I2NO. The number of terminal acetylenes is 1. The first kappa shape index (κ1) is 14.3. The Hall–Kier alpha value is -1.07. The summed E-state index contributed by atoms with van der Waals surface area (Å²) in [4.78, 5) is 4.34. The van der Waals surface area contributed by atoms with E-state index in [2.05, 4.69) is 56.1 Å². The lowest BCUT2D eigenvalue weighted by atomic mass is 10.2. The van der Waals surface area contributed by atoms with Crippen molar-refractivity contribution in [2.24, 2.45) is 4.99 Å². The second-order valence-corrected chi connectivity index (χ2v) is 6.19. The number of phenols is 1. The van der Waals surface area contributed by atoms with Crippen LogP contribution in [0.15, 0.2) is 41.4 Å². The van der Waals surface area contributed by atoms with Gasteiger partial charge in [0.2, 0.25) is 0 Å². The average molecular weight is 473 g/mol. The van der Waals surface area contributed by atoms with Gasteiger partial charge in [0, 0.05) is 20.9 Å². The van der Waals surface area contributed by atoms with Crippen LogP contribution in [0.5, 0.6) is 5.75 Å². The van der Waals surface area contributed by atoms with E-state index in [1.54, 1.807) is 6.21 Å². The number of aromatic hydroxyl groups is 1. The first-order chi connectivity index (χ1) is 9.10. The minimum Gasteiger partial charge on any atom is -0.506 e. The molecule has 0 saturated carbocycles. The van der Waals surface area contributed by atoms with Gasteiger partial charge >= 0.3 is 0 Å². The van der Waals surface area contributed by atoms with Crippen molar-refractivity contribution in [2.75, 3.05) is 0 Å². The molecule has 1 N–H and O–H groups in total. The highest BCUT2D eigenvalue weighted by Gasteiger charge is 2.05. The number of hydrogen-bond donors (Lipinski definition) is 1. The summed E-state index contributed by atoms with van der Waals surface area (Å²) in [7, 11) is 0. The number of phenolic OH excluding ortho intramolecular Hbond substituents is 1. The Balaban J connectivity index is 2.35. The van der Waals surface area contributed by atoms with E-state index in [-0.39, 0.29) is 5.75 Å². The van der Waals surface area contributed by atoms with Crippen LogP contribution in [0.3, 0.4) is 0 Å². The van der Waals surface area contributed by atoms with Crippen molar-refractivity contribution < 1.29 is 5.11 Å². The Labute approximate surface area is 139 Å². The SMILES string of the molecule is C#Cc1cccc(N=Cc2cc(I)cc(I)c2O)c1. The van der Waals surface area contributed by atoms with Crippen molar-refractivity contribution in [3.63, 3.8) is 0 Å². The van der Waals surface area contributed by atoms with Gasteiger partial charge in [-0.15, -0.1) is 6.42 Å². The molecular weight excluding hydrogens is 464 g/mol. The van der Waals surface area contributed by atoms with Crippen molar-refractivity contribution in [2.45, 2.75) is 0 Å². The van der Waals surface area contributed by atoms with E-state index < -0.39 is 0 Å². The van der Waals surface area contributed by atoms with E-state index in [4.69, 9.17) is 6.42 Å². The lowest BCUT2D eigenvalue weighted by Crippen LogP contribution is -1.87. The maximum atomic E-state index is 9.97. The second-order valence-electron chi connectivity index (χ2n) is 3.78. The summed E-state index contributed by atoms with van der Waals surface area (Å²) in [6.07, 6.45) is 6.99. The highest BCUT2D eigenvalue weighted by molar-refractivity contribution is 14.1.